The zero-order valence-corrected chi connectivity index (χ0v) is 8.88. The van der Waals surface area contributed by atoms with Crippen molar-refractivity contribution in [3.63, 3.8) is 0 Å². The largest absolute Gasteiger partial charge is 0.367 e. The number of hydrogen-bond acceptors (Lipinski definition) is 3. The molecule has 0 spiro atoms. The lowest BCUT2D eigenvalue weighted by molar-refractivity contribution is 0.734. The van der Waals surface area contributed by atoms with Crippen LogP contribution in [0.15, 0.2) is 10.9 Å². The molecule has 1 N–H and O–H groups in total. The van der Waals surface area contributed by atoms with Crippen molar-refractivity contribution in [1.82, 2.24) is 9.78 Å². The van der Waals surface area contributed by atoms with Crippen LogP contribution >= 0.6 is 11.6 Å². The Morgan fingerprint density at radius 2 is 2.36 bits per heavy atom. The molecule has 1 aliphatic rings. The second-order valence-corrected chi connectivity index (χ2v) is 4.13. The van der Waals surface area contributed by atoms with E-state index < -0.39 is 0 Å². The number of rotatable bonds is 2. The summed E-state index contributed by atoms with van der Waals surface area (Å²) in [7, 11) is 1.76. The van der Waals surface area contributed by atoms with Gasteiger partial charge in [-0.15, -0.1) is 0 Å². The van der Waals surface area contributed by atoms with Crippen molar-refractivity contribution in [1.29, 1.82) is 0 Å². The van der Waals surface area contributed by atoms with Crippen LogP contribution in [0.4, 0.5) is 5.82 Å². The number of hydrogen-bond donors (Lipinski definition) is 1. The van der Waals surface area contributed by atoms with E-state index in [0.29, 0.717) is 12.0 Å². The molecule has 2 atom stereocenters. The monoisotopic (exact) mass is 213 g/mol. The molecule has 1 aromatic rings. The van der Waals surface area contributed by atoms with Gasteiger partial charge < -0.3 is 5.32 Å². The van der Waals surface area contributed by atoms with Crippen molar-refractivity contribution < 1.29 is 0 Å². The Morgan fingerprint density at radius 3 is 2.93 bits per heavy atom. The molecule has 0 amide bonds. The molecule has 0 aromatic carbocycles. The van der Waals surface area contributed by atoms with Crippen LogP contribution in [0.3, 0.4) is 0 Å². The van der Waals surface area contributed by atoms with Crippen molar-refractivity contribution in [2.45, 2.75) is 19.4 Å². The highest BCUT2D eigenvalue weighted by atomic mass is 35.5. The van der Waals surface area contributed by atoms with Gasteiger partial charge in [-0.05, 0) is 12.3 Å². The summed E-state index contributed by atoms with van der Waals surface area (Å²) in [4.78, 5) is 11.2. The summed E-state index contributed by atoms with van der Waals surface area (Å²) in [6.07, 6.45) is 1.15. The molecule has 1 fully saturated rings. The molecule has 1 saturated carbocycles. The minimum Gasteiger partial charge on any atom is -0.367 e. The minimum atomic E-state index is -0.236. The van der Waals surface area contributed by atoms with Crippen LogP contribution in [0.25, 0.3) is 0 Å². The predicted molar refractivity (Wildman–Crippen MR) is 55.7 cm³/mol. The van der Waals surface area contributed by atoms with Gasteiger partial charge in [0.25, 0.3) is 0 Å². The normalized spacial score (nSPS) is 24.8. The molecule has 76 valence electrons. The van der Waals surface area contributed by atoms with Gasteiger partial charge in [-0.3, -0.25) is 9.48 Å². The SMILES string of the molecule is CC1CC1Nc1cc(=O)c(Cl)nn1C. The summed E-state index contributed by atoms with van der Waals surface area (Å²) >= 11 is 5.59. The van der Waals surface area contributed by atoms with Crippen LogP contribution in [-0.4, -0.2) is 15.8 Å². The number of nitrogens with zero attached hydrogens (tertiary/aromatic N) is 2. The zero-order chi connectivity index (χ0) is 10.3. The predicted octanol–water partition coefficient (Wildman–Crippen LogP) is 1.25. The molecule has 0 radical (unpaired) electrons. The molecule has 4 nitrogen and oxygen atoms in total. The van der Waals surface area contributed by atoms with Crippen LogP contribution in [0, 0.1) is 5.92 Å². The van der Waals surface area contributed by atoms with Crippen molar-refractivity contribution in [2.24, 2.45) is 13.0 Å². The second-order valence-electron chi connectivity index (χ2n) is 3.77. The highest BCUT2D eigenvalue weighted by molar-refractivity contribution is 6.29. The van der Waals surface area contributed by atoms with Gasteiger partial charge in [0.1, 0.15) is 5.82 Å². The van der Waals surface area contributed by atoms with E-state index in [2.05, 4.69) is 17.3 Å². The number of halogens is 1. The van der Waals surface area contributed by atoms with Crippen LogP contribution < -0.4 is 10.7 Å². The molecule has 14 heavy (non-hydrogen) atoms. The average Bonchev–Trinajstić information content (AvgIpc) is 2.78. The smallest absolute Gasteiger partial charge is 0.221 e. The van der Waals surface area contributed by atoms with E-state index in [1.807, 2.05) is 0 Å². The van der Waals surface area contributed by atoms with Gasteiger partial charge >= 0.3 is 0 Å². The third-order valence-electron chi connectivity index (χ3n) is 2.50. The molecular formula is C9H12ClN3O. The molecule has 2 rings (SSSR count). The Bertz CT molecular complexity index is 415. The maximum Gasteiger partial charge on any atom is 0.221 e. The Balaban J connectivity index is 2.25. The number of aryl methyl sites for hydroxylation is 1. The minimum absolute atomic E-state index is 0.0156. The summed E-state index contributed by atoms with van der Waals surface area (Å²) < 4.78 is 1.59. The molecule has 0 saturated heterocycles. The molecule has 0 bridgehead atoms. The van der Waals surface area contributed by atoms with E-state index in [9.17, 15) is 4.79 Å². The first-order chi connectivity index (χ1) is 6.58. The fourth-order valence-corrected chi connectivity index (χ4v) is 1.53. The van der Waals surface area contributed by atoms with Crippen molar-refractivity contribution in [3.8, 4) is 0 Å². The first kappa shape index (κ1) is 9.52. The molecule has 5 heteroatoms. The average molecular weight is 214 g/mol. The van der Waals surface area contributed by atoms with Crippen molar-refractivity contribution in [3.05, 3.63) is 21.4 Å². The van der Waals surface area contributed by atoms with E-state index in [4.69, 9.17) is 11.6 Å². The van der Waals surface area contributed by atoms with E-state index in [-0.39, 0.29) is 10.6 Å². The summed E-state index contributed by atoms with van der Waals surface area (Å²) in [5, 5.41) is 7.15. The van der Waals surface area contributed by atoms with Gasteiger partial charge in [0.2, 0.25) is 5.43 Å². The highest BCUT2D eigenvalue weighted by Gasteiger charge is 2.32. The number of anilines is 1. The molecule has 1 heterocycles. The first-order valence-electron chi connectivity index (χ1n) is 4.58. The van der Waals surface area contributed by atoms with E-state index in [1.165, 1.54) is 6.07 Å². The van der Waals surface area contributed by atoms with E-state index in [1.54, 1.807) is 11.7 Å². The topological polar surface area (TPSA) is 46.9 Å². The summed E-state index contributed by atoms with van der Waals surface area (Å²) in [6, 6.07) is 1.96. The van der Waals surface area contributed by atoms with Crippen LogP contribution in [0.1, 0.15) is 13.3 Å². The summed E-state index contributed by atoms with van der Waals surface area (Å²) in [5.41, 5.74) is -0.236. The molecular weight excluding hydrogens is 202 g/mol. The fraction of sp³-hybridized carbons (Fsp3) is 0.556. The van der Waals surface area contributed by atoms with Crippen LogP contribution in [0.5, 0.6) is 0 Å². The maximum absolute atomic E-state index is 11.2. The van der Waals surface area contributed by atoms with Crippen LogP contribution in [-0.2, 0) is 7.05 Å². The quantitative estimate of drug-likeness (QED) is 0.805. The summed E-state index contributed by atoms with van der Waals surface area (Å²) in [5.74, 6) is 1.41. The Hall–Kier alpha value is -1.03. The Kier molecular flexibility index (Phi) is 2.23. The lowest BCUT2D eigenvalue weighted by Gasteiger charge is -2.09. The maximum atomic E-state index is 11.2. The molecule has 1 aromatic heterocycles. The Morgan fingerprint density at radius 1 is 1.71 bits per heavy atom. The summed E-state index contributed by atoms with van der Waals surface area (Å²) in [6.45, 7) is 2.17. The molecule has 0 aliphatic heterocycles. The van der Waals surface area contributed by atoms with Crippen molar-refractivity contribution >= 4 is 17.4 Å². The Labute approximate surface area is 86.9 Å². The van der Waals surface area contributed by atoms with E-state index >= 15 is 0 Å². The molecule has 2 unspecified atom stereocenters. The number of aromatic nitrogens is 2. The second kappa shape index (κ2) is 3.28. The van der Waals surface area contributed by atoms with Crippen LogP contribution in [0.2, 0.25) is 5.15 Å². The van der Waals surface area contributed by atoms with Gasteiger partial charge in [0.15, 0.2) is 5.15 Å². The molecule has 1 aliphatic carbocycles. The van der Waals surface area contributed by atoms with E-state index in [0.717, 1.165) is 12.2 Å². The van der Waals surface area contributed by atoms with Gasteiger partial charge in [-0.1, -0.05) is 18.5 Å². The lowest BCUT2D eigenvalue weighted by atomic mass is 10.4. The fourth-order valence-electron chi connectivity index (χ4n) is 1.36. The first-order valence-corrected chi connectivity index (χ1v) is 4.96. The third-order valence-corrected chi connectivity index (χ3v) is 2.76. The zero-order valence-electron chi connectivity index (χ0n) is 8.12. The van der Waals surface area contributed by atoms with Crippen molar-refractivity contribution in [2.75, 3.05) is 5.32 Å². The van der Waals surface area contributed by atoms with Gasteiger partial charge in [-0.2, -0.15) is 5.10 Å². The lowest BCUT2D eigenvalue weighted by Crippen LogP contribution is -2.17. The van der Waals surface area contributed by atoms with Gasteiger partial charge in [0.05, 0.1) is 0 Å². The highest BCUT2D eigenvalue weighted by Crippen LogP contribution is 2.32. The number of nitrogens with one attached hydrogen (secondary N) is 1. The van der Waals surface area contributed by atoms with Gasteiger partial charge in [0, 0.05) is 19.2 Å². The van der Waals surface area contributed by atoms with Gasteiger partial charge in [-0.25, -0.2) is 0 Å². The third kappa shape index (κ3) is 1.75. The standard InChI is InChI=1S/C9H12ClN3O/c1-5-3-6(5)11-8-4-7(14)9(10)12-13(8)2/h4-6,11H,3H2,1-2H3.